The molecule has 310 valence electrons. The van der Waals surface area contributed by atoms with Crippen LogP contribution in [-0.2, 0) is 28.6 Å². The number of rotatable bonds is 39. The SMILES string of the molecule is CC/C=C\C/C=C\C/C=C\CCCCC(=O)OCC(COC(=O)CCCCCCCCCCCCCC)OC(=O)CCCCCCC/C=C\C/C=C\CC. The van der Waals surface area contributed by atoms with Crippen LogP contribution >= 0.6 is 0 Å². The van der Waals surface area contributed by atoms with Gasteiger partial charge in [-0.2, -0.15) is 0 Å². The first-order valence-corrected chi connectivity index (χ1v) is 22.3. The van der Waals surface area contributed by atoms with Gasteiger partial charge in [-0.3, -0.25) is 14.4 Å². The van der Waals surface area contributed by atoms with Crippen LogP contribution in [-0.4, -0.2) is 37.2 Å². The van der Waals surface area contributed by atoms with Crippen molar-refractivity contribution in [1.82, 2.24) is 0 Å². The molecule has 0 aliphatic rings. The lowest BCUT2D eigenvalue weighted by molar-refractivity contribution is -0.167. The van der Waals surface area contributed by atoms with E-state index < -0.39 is 6.10 Å². The van der Waals surface area contributed by atoms with Gasteiger partial charge < -0.3 is 14.2 Å². The summed E-state index contributed by atoms with van der Waals surface area (Å²) < 4.78 is 16.6. The third kappa shape index (κ3) is 40.3. The van der Waals surface area contributed by atoms with E-state index in [0.29, 0.717) is 19.3 Å². The van der Waals surface area contributed by atoms with Gasteiger partial charge in [0.1, 0.15) is 13.2 Å². The maximum absolute atomic E-state index is 12.7. The number of allylic oxidation sites excluding steroid dienone is 10. The predicted molar refractivity (Wildman–Crippen MR) is 228 cm³/mol. The van der Waals surface area contributed by atoms with E-state index in [1.165, 1.54) is 57.8 Å². The van der Waals surface area contributed by atoms with Gasteiger partial charge in [-0.15, -0.1) is 0 Å². The molecule has 54 heavy (non-hydrogen) atoms. The molecule has 0 heterocycles. The van der Waals surface area contributed by atoms with Crippen molar-refractivity contribution in [2.45, 2.75) is 213 Å². The van der Waals surface area contributed by atoms with Crippen LogP contribution in [0.5, 0.6) is 0 Å². The fourth-order valence-corrected chi connectivity index (χ4v) is 5.96. The molecule has 1 atom stereocenters. The third-order valence-corrected chi connectivity index (χ3v) is 9.27. The number of hydrogen-bond donors (Lipinski definition) is 0. The molecule has 0 rings (SSSR count). The van der Waals surface area contributed by atoms with Gasteiger partial charge in [0, 0.05) is 19.3 Å². The first-order chi connectivity index (χ1) is 26.5. The van der Waals surface area contributed by atoms with Crippen LogP contribution in [0.1, 0.15) is 207 Å². The van der Waals surface area contributed by atoms with Gasteiger partial charge >= 0.3 is 17.9 Å². The van der Waals surface area contributed by atoms with Crippen LogP contribution in [0.15, 0.2) is 60.8 Å². The maximum Gasteiger partial charge on any atom is 0.306 e. The zero-order chi connectivity index (χ0) is 39.4. The number of hydrogen-bond acceptors (Lipinski definition) is 6. The Morgan fingerprint density at radius 1 is 0.389 bits per heavy atom. The number of carbonyl (C=O) groups is 3. The molecule has 0 aromatic heterocycles. The summed E-state index contributed by atoms with van der Waals surface area (Å²) in [5, 5.41) is 0. The molecule has 0 aromatic carbocycles. The lowest BCUT2D eigenvalue weighted by atomic mass is 10.0. The largest absolute Gasteiger partial charge is 0.462 e. The highest BCUT2D eigenvalue weighted by molar-refractivity contribution is 5.71. The Morgan fingerprint density at radius 2 is 0.722 bits per heavy atom. The molecule has 6 heteroatoms. The minimum atomic E-state index is -0.792. The highest BCUT2D eigenvalue weighted by atomic mass is 16.6. The van der Waals surface area contributed by atoms with Crippen LogP contribution in [0.25, 0.3) is 0 Å². The highest BCUT2D eigenvalue weighted by Gasteiger charge is 2.19. The molecule has 6 nitrogen and oxygen atoms in total. The van der Waals surface area contributed by atoms with Crippen molar-refractivity contribution >= 4 is 17.9 Å². The monoisotopic (exact) mass is 755 g/mol. The smallest absolute Gasteiger partial charge is 0.306 e. The van der Waals surface area contributed by atoms with E-state index in [1.54, 1.807) is 0 Å². The van der Waals surface area contributed by atoms with E-state index >= 15 is 0 Å². The summed E-state index contributed by atoms with van der Waals surface area (Å²) in [6.45, 7) is 6.34. The van der Waals surface area contributed by atoms with Crippen molar-refractivity contribution in [3.05, 3.63) is 60.8 Å². The molecule has 0 radical (unpaired) electrons. The standard InChI is InChI=1S/C48H82O6/c1-4-7-10-13-16-19-22-25-28-31-34-37-40-46(49)52-43-45(54-48(51)42-39-36-33-30-27-24-21-18-15-12-9-6-3)44-53-47(50)41-38-35-32-29-26-23-20-17-14-11-8-5-2/h7,9-10,12,16,18-19,21,25,28,45H,4-6,8,11,13-15,17,20,22-24,26-27,29-44H2,1-3H3/b10-7-,12-9-,19-16-,21-18-,28-25-. The summed E-state index contributed by atoms with van der Waals surface area (Å²) in [7, 11) is 0. The predicted octanol–water partition coefficient (Wildman–Crippen LogP) is 14.1. The average Bonchev–Trinajstić information content (AvgIpc) is 3.17. The Kier molecular flexibility index (Phi) is 40.6. The maximum atomic E-state index is 12.7. The molecule has 0 aromatic rings. The van der Waals surface area contributed by atoms with Crippen LogP contribution in [0.4, 0.5) is 0 Å². The molecule has 1 unspecified atom stereocenters. The molecule has 0 saturated heterocycles. The minimum absolute atomic E-state index is 0.0913. The fraction of sp³-hybridized carbons (Fsp3) is 0.729. The summed E-state index contributed by atoms with van der Waals surface area (Å²) in [6, 6.07) is 0. The third-order valence-electron chi connectivity index (χ3n) is 9.27. The van der Waals surface area contributed by atoms with Crippen LogP contribution < -0.4 is 0 Å². The second kappa shape index (κ2) is 42.8. The second-order valence-corrected chi connectivity index (χ2v) is 14.5. The Morgan fingerprint density at radius 3 is 1.17 bits per heavy atom. The highest BCUT2D eigenvalue weighted by Crippen LogP contribution is 2.14. The minimum Gasteiger partial charge on any atom is -0.462 e. The van der Waals surface area contributed by atoms with Gasteiger partial charge in [0.25, 0.3) is 0 Å². The molecular formula is C48H82O6. The quantitative estimate of drug-likeness (QED) is 0.0269. The summed E-state index contributed by atoms with van der Waals surface area (Å²) in [5.74, 6) is -0.952. The van der Waals surface area contributed by atoms with Crippen molar-refractivity contribution < 1.29 is 28.6 Å². The van der Waals surface area contributed by atoms with Gasteiger partial charge in [-0.05, 0) is 77.0 Å². The van der Waals surface area contributed by atoms with Gasteiger partial charge in [0.05, 0.1) is 0 Å². The molecule has 0 fully saturated rings. The molecule has 0 aliphatic carbocycles. The van der Waals surface area contributed by atoms with Crippen LogP contribution in [0.2, 0.25) is 0 Å². The van der Waals surface area contributed by atoms with E-state index in [9.17, 15) is 14.4 Å². The molecule has 0 N–H and O–H groups in total. The number of carbonyl (C=O) groups excluding carboxylic acids is 3. The average molecular weight is 755 g/mol. The normalized spacial score (nSPS) is 12.6. The first-order valence-electron chi connectivity index (χ1n) is 22.3. The van der Waals surface area contributed by atoms with Crippen molar-refractivity contribution in [1.29, 1.82) is 0 Å². The van der Waals surface area contributed by atoms with Crippen molar-refractivity contribution in [2.75, 3.05) is 13.2 Å². The molecular weight excluding hydrogens is 673 g/mol. The fourth-order valence-electron chi connectivity index (χ4n) is 5.96. The molecule has 0 aliphatic heterocycles. The molecule has 0 spiro atoms. The molecule has 0 bridgehead atoms. The number of esters is 3. The Hall–Kier alpha value is -2.89. The van der Waals surface area contributed by atoms with Crippen LogP contribution in [0, 0.1) is 0 Å². The van der Waals surface area contributed by atoms with Gasteiger partial charge in [0.15, 0.2) is 6.10 Å². The van der Waals surface area contributed by atoms with E-state index in [-0.39, 0.29) is 31.1 Å². The zero-order valence-electron chi connectivity index (χ0n) is 35.2. The Labute approximate surface area is 332 Å². The van der Waals surface area contributed by atoms with E-state index in [2.05, 4.69) is 81.5 Å². The van der Waals surface area contributed by atoms with Gasteiger partial charge in [-0.1, -0.05) is 171 Å². The summed E-state index contributed by atoms with van der Waals surface area (Å²) >= 11 is 0. The Balaban J connectivity index is 4.45. The first kappa shape index (κ1) is 51.1. The zero-order valence-corrected chi connectivity index (χ0v) is 35.2. The van der Waals surface area contributed by atoms with Crippen LogP contribution in [0.3, 0.4) is 0 Å². The number of unbranched alkanes of at least 4 members (excludes halogenated alkanes) is 18. The van der Waals surface area contributed by atoms with Crippen molar-refractivity contribution in [3.8, 4) is 0 Å². The van der Waals surface area contributed by atoms with Gasteiger partial charge in [0.2, 0.25) is 0 Å². The second-order valence-electron chi connectivity index (χ2n) is 14.5. The lowest BCUT2D eigenvalue weighted by Gasteiger charge is -2.18. The van der Waals surface area contributed by atoms with Gasteiger partial charge in [-0.25, -0.2) is 0 Å². The van der Waals surface area contributed by atoms with Crippen molar-refractivity contribution in [3.63, 3.8) is 0 Å². The van der Waals surface area contributed by atoms with Crippen molar-refractivity contribution in [2.24, 2.45) is 0 Å². The summed E-state index contributed by atoms with van der Waals surface area (Å²) in [5.41, 5.74) is 0. The number of ether oxygens (including phenoxy) is 3. The molecule has 0 amide bonds. The summed E-state index contributed by atoms with van der Waals surface area (Å²) in [6.07, 6.45) is 50.6. The van der Waals surface area contributed by atoms with E-state index in [0.717, 1.165) is 109 Å². The lowest BCUT2D eigenvalue weighted by Crippen LogP contribution is -2.30. The molecule has 0 saturated carbocycles. The summed E-state index contributed by atoms with van der Waals surface area (Å²) in [4.78, 5) is 37.7. The topological polar surface area (TPSA) is 78.9 Å². The van der Waals surface area contributed by atoms with E-state index in [1.807, 2.05) is 0 Å². The van der Waals surface area contributed by atoms with E-state index in [4.69, 9.17) is 14.2 Å². The Bertz CT molecular complexity index is 1010.